The van der Waals surface area contributed by atoms with Crippen molar-refractivity contribution in [3.05, 3.63) is 35.6 Å². The average Bonchev–Trinajstić information content (AvgIpc) is 2.38. The van der Waals surface area contributed by atoms with E-state index in [1.807, 2.05) is 12.1 Å². The molecule has 0 aliphatic heterocycles. The van der Waals surface area contributed by atoms with E-state index < -0.39 is 0 Å². The van der Waals surface area contributed by atoms with Crippen LogP contribution in [0.5, 0.6) is 0 Å². The summed E-state index contributed by atoms with van der Waals surface area (Å²) in [6.45, 7) is 9.04. The van der Waals surface area contributed by atoms with Crippen molar-refractivity contribution >= 4 is 0 Å². The molecule has 0 amide bonds. The van der Waals surface area contributed by atoms with Gasteiger partial charge < -0.3 is 5.73 Å². The fourth-order valence-corrected chi connectivity index (χ4v) is 4.18. The quantitative estimate of drug-likeness (QED) is 0.863. The van der Waals surface area contributed by atoms with Crippen LogP contribution >= 0.6 is 0 Å². The summed E-state index contributed by atoms with van der Waals surface area (Å²) in [6.07, 6.45) is 3.33. The molecule has 2 atom stereocenters. The Hall–Kier alpha value is -0.890. The van der Waals surface area contributed by atoms with Gasteiger partial charge in [0.05, 0.1) is 0 Å². The topological polar surface area (TPSA) is 26.0 Å². The highest BCUT2D eigenvalue weighted by atomic mass is 19.1. The van der Waals surface area contributed by atoms with Crippen LogP contribution in [0, 0.1) is 17.2 Å². The van der Waals surface area contributed by atoms with Crippen molar-refractivity contribution in [2.24, 2.45) is 17.1 Å². The Labute approximate surface area is 116 Å². The molecule has 1 aromatic rings. The number of rotatable bonds is 4. The Balaban J connectivity index is 2.32. The summed E-state index contributed by atoms with van der Waals surface area (Å²) in [7, 11) is 0. The molecule has 1 aliphatic rings. The highest BCUT2D eigenvalue weighted by Crippen LogP contribution is 2.58. The minimum atomic E-state index is -0.165. The molecule has 0 aromatic heterocycles. The van der Waals surface area contributed by atoms with E-state index in [0.717, 1.165) is 19.3 Å². The maximum Gasteiger partial charge on any atom is 0.123 e. The van der Waals surface area contributed by atoms with Crippen LogP contribution in [0.3, 0.4) is 0 Å². The lowest BCUT2D eigenvalue weighted by Crippen LogP contribution is -2.62. The Morgan fingerprint density at radius 3 is 2.16 bits per heavy atom. The third-order valence-corrected chi connectivity index (χ3v) is 5.70. The zero-order valence-corrected chi connectivity index (χ0v) is 12.5. The van der Waals surface area contributed by atoms with Crippen molar-refractivity contribution in [2.45, 2.75) is 58.4 Å². The predicted octanol–water partition coefficient (Wildman–Crippen LogP) is 4.26. The summed E-state index contributed by atoms with van der Waals surface area (Å²) in [5, 5.41) is 0. The number of benzene rings is 1. The number of hydrogen-bond donors (Lipinski definition) is 1. The van der Waals surface area contributed by atoms with Gasteiger partial charge in [-0.2, -0.15) is 0 Å². The van der Waals surface area contributed by atoms with Crippen molar-refractivity contribution in [1.82, 2.24) is 0 Å². The largest absolute Gasteiger partial charge is 0.327 e. The molecule has 0 radical (unpaired) electrons. The molecule has 2 rings (SSSR count). The number of halogens is 1. The molecule has 1 aromatic carbocycles. The lowest BCUT2D eigenvalue weighted by molar-refractivity contribution is -0.0525. The Morgan fingerprint density at radius 2 is 1.74 bits per heavy atom. The first-order valence-electron chi connectivity index (χ1n) is 7.40. The zero-order valence-electron chi connectivity index (χ0n) is 12.5. The van der Waals surface area contributed by atoms with Gasteiger partial charge in [-0.25, -0.2) is 4.39 Å². The predicted molar refractivity (Wildman–Crippen MR) is 78.5 cm³/mol. The van der Waals surface area contributed by atoms with Gasteiger partial charge >= 0.3 is 0 Å². The molecular formula is C17H26FN. The summed E-state index contributed by atoms with van der Waals surface area (Å²) in [5.74, 6) is 0.414. The SMILES string of the molecule is CCC1(CC)C(N)CC1C(C)(C)c1ccc(F)cc1. The lowest BCUT2D eigenvalue weighted by atomic mass is 9.46. The van der Waals surface area contributed by atoms with Gasteiger partial charge in [0.15, 0.2) is 0 Å². The monoisotopic (exact) mass is 263 g/mol. The van der Waals surface area contributed by atoms with Crippen LogP contribution in [0.4, 0.5) is 4.39 Å². The van der Waals surface area contributed by atoms with Gasteiger partial charge in [-0.3, -0.25) is 0 Å². The van der Waals surface area contributed by atoms with E-state index in [0.29, 0.717) is 12.0 Å². The summed E-state index contributed by atoms with van der Waals surface area (Å²) < 4.78 is 13.1. The molecule has 0 spiro atoms. The van der Waals surface area contributed by atoms with Crippen LogP contribution in [0.25, 0.3) is 0 Å². The van der Waals surface area contributed by atoms with Crippen LogP contribution in [0.1, 0.15) is 52.5 Å². The molecule has 1 nitrogen and oxygen atoms in total. The van der Waals surface area contributed by atoms with Crippen molar-refractivity contribution < 1.29 is 4.39 Å². The van der Waals surface area contributed by atoms with Crippen molar-refractivity contribution in [2.75, 3.05) is 0 Å². The summed E-state index contributed by atoms with van der Waals surface area (Å²) >= 11 is 0. The van der Waals surface area contributed by atoms with E-state index in [1.165, 1.54) is 5.56 Å². The maximum absolute atomic E-state index is 13.1. The normalized spacial score (nSPS) is 26.0. The highest BCUT2D eigenvalue weighted by molar-refractivity contribution is 5.28. The third kappa shape index (κ3) is 2.10. The third-order valence-electron chi connectivity index (χ3n) is 5.70. The summed E-state index contributed by atoms with van der Waals surface area (Å²) in [6, 6.07) is 7.29. The fourth-order valence-electron chi connectivity index (χ4n) is 4.18. The first-order chi connectivity index (χ1) is 8.88. The average molecular weight is 263 g/mol. The van der Waals surface area contributed by atoms with Crippen molar-refractivity contribution in [1.29, 1.82) is 0 Å². The van der Waals surface area contributed by atoms with Gasteiger partial charge in [0.1, 0.15) is 5.82 Å². The molecule has 1 fully saturated rings. The second-order valence-electron chi connectivity index (χ2n) is 6.56. The van der Waals surface area contributed by atoms with Gasteiger partial charge in [0, 0.05) is 6.04 Å². The standard InChI is InChI=1S/C17H26FN/c1-5-17(6-2)14(11-15(17)19)16(3,4)12-7-9-13(18)10-8-12/h7-10,14-15H,5-6,11,19H2,1-4H3. The van der Waals surface area contributed by atoms with E-state index in [-0.39, 0.29) is 16.6 Å². The molecule has 1 saturated carbocycles. The van der Waals surface area contributed by atoms with Crippen LogP contribution in [-0.2, 0) is 5.41 Å². The Morgan fingerprint density at radius 1 is 1.21 bits per heavy atom. The van der Waals surface area contributed by atoms with E-state index in [2.05, 4.69) is 27.7 Å². The van der Waals surface area contributed by atoms with Crippen LogP contribution in [-0.4, -0.2) is 6.04 Å². The summed E-state index contributed by atoms with van der Waals surface area (Å²) in [5.41, 5.74) is 7.83. The van der Waals surface area contributed by atoms with Gasteiger partial charge in [-0.1, -0.05) is 39.8 Å². The molecule has 2 heteroatoms. The second-order valence-corrected chi connectivity index (χ2v) is 6.56. The van der Waals surface area contributed by atoms with Crippen molar-refractivity contribution in [3.63, 3.8) is 0 Å². The zero-order chi connectivity index (χ0) is 14.3. The van der Waals surface area contributed by atoms with Crippen LogP contribution in [0.2, 0.25) is 0 Å². The Kier molecular flexibility index (Phi) is 3.74. The summed E-state index contributed by atoms with van der Waals surface area (Å²) in [4.78, 5) is 0. The minimum Gasteiger partial charge on any atom is -0.327 e. The first-order valence-corrected chi connectivity index (χ1v) is 7.40. The van der Waals surface area contributed by atoms with Crippen LogP contribution < -0.4 is 5.73 Å². The van der Waals surface area contributed by atoms with E-state index in [4.69, 9.17) is 5.73 Å². The van der Waals surface area contributed by atoms with E-state index in [1.54, 1.807) is 12.1 Å². The lowest BCUT2D eigenvalue weighted by Gasteiger charge is -2.60. The molecule has 0 heterocycles. The molecule has 19 heavy (non-hydrogen) atoms. The first kappa shape index (κ1) is 14.5. The van der Waals surface area contributed by atoms with Crippen molar-refractivity contribution in [3.8, 4) is 0 Å². The van der Waals surface area contributed by atoms with Gasteiger partial charge in [0.25, 0.3) is 0 Å². The molecular weight excluding hydrogens is 237 g/mol. The van der Waals surface area contributed by atoms with E-state index >= 15 is 0 Å². The maximum atomic E-state index is 13.1. The van der Waals surface area contributed by atoms with Gasteiger partial charge in [0.2, 0.25) is 0 Å². The second kappa shape index (κ2) is 4.90. The molecule has 106 valence electrons. The number of hydrogen-bond acceptors (Lipinski definition) is 1. The minimum absolute atomic E-state index is 0.0512. The van der Waals surface area contributed by atoms with Gasteiger partial charge in [-0.05, 0) is 53.7 Å². The number of nitrogens with two attached hydrogens (primary N) is 1. The Bertz CT molecular complexity index is 431. The smallest absolute Gasteiger partial charge is 0.123 e. The molecule has 0 saturated heterocycles. The van der Waals surface area contributed by atoms with E-state index in [9.17, 15) is 4.39 Å². The highest BCUT2D eigenvalue weighted by Gasteiger charge is 2.56. The molecule has 0 bridgehead atoms. The molecule has 2 unspecified atom stereocenters. The fraction of sp³-hybridized carbons (Fsp3) is 0.647. The molecule has 2 N–H and O–H groups in total. The van der Waals surface area contributed by atoms with Gasteiger partial charge in [-0.15, -0.1) is 0 Å². The molecule has 1 aliphatic carbocycles. The van der Waals surface area contributed by atoms with Crippen LogP contribution in [0.15, 0.2) is 24.3 Å².